The summed E-state index contributed by atoms with van der Waals surface area (Å²) in [5.74, 6) is 0.952. The van der Waals surface area contributed by atoms with Crippen LogP contribution in [-0.2, 0) is 6.42 Å². The molecule has 0 fully saturated rings. The summed E-state index contributed by atoms with van der Waals surface area (Å²) in [5.41, 5.74) is 3.64. The highest BCUT2D eigenvalue weighted by molar-refractivity contribution is 5.38. The normalized spacial score (nSPS) is 9.77. The van der Waals surface area contributed by atoms with Crippen LogP contribution in [0.5, 0.6) is 5.75 Å². The van der Waals surface area contributed by atoms with Crippen molar-refractivity contribution < 1.29 is 4.74 Å². The van der Waals surface area contributed by atoms with Crippen LogP contribution in [0.25, 0.3) is 0 Å². The lowest BCUT2D eigenvalue weighted by atomic mass is 10.0. The molecule has 0 unspecified atom stereocenters. The van der Waals surface area contributed by atoms with Gasteiger partial charge in [0.25, 0.3) is 0 Å². The van der Waals surface area contributed by atoms with Gasteiger partial charge >= 0.3 is 0 Å². The van der Waals surface area contributed by atoms with E-state index in [9.17, 15) is 0 Å². The van der Waals surface area contributed by atoms with Crippen LogP contribution < -0.4 is 4.74 Å². The van der Waals surface area contributed by atoms with Crippen molar-refractivity contribution in [3.05, 3.63) is 41.5 Å². The Bertz CT molecular complexity index is 313. The van der Waals surface area contributed by atoms with Gasteiger partial charge in [0.05, 0.1) is 7.11 Å². The predicted molar refractivity (Wildman–Crippen MR) is 56.2 cm³/mol. The minimum Gasteiger partial charge on any atom is -0.496 e. The Morgan fingerprint density at radius 1 is 1.46 bits per heavy atom. The van der Waals surface area contributed by atoms with Crippen LogP contribution in [0, 0.1) is 6.92 Å². The molecule has 0 bridgehead atoms. The first-order valence-corrected chi connectivity index (χ1v) is 4.41. The maximum atomic E-state index is 5.26. The monoisotopic (exact) mass is 176 g/mol. The number of ether oxygens (including phenoxy) is 1. The third kappa shape index (κ3) is 2.62. The molecule has 1 aromatic rings. The predicted octanol–water partition coefficient (Wildman–Crippen LogP) is 3.12. The molecule has 0 atom stereocenters. The number of hydrogen-bond acceptors (Lipinski definition) is 1. The summed E-state index contributed by atoms with van der Waals surface area (Å²) < 4.78 is 5.26. The third-order valence-corrected chi connectivity index (χ3v) is 1.93. The maximum absolute atomic E-state index is 5.26. The van der Waals surface area contributed by atoms with E-state index < -0.39 is 0 Å². The molecular formula is C12H16O. The topological polar surface area (TPSA) is 9.23 Å². The van der Waals surface area contributed by atoms with Gasteiger partial charge in [-0.2, -0.15) is 0 Å². The van der Waals surface area contributed by atoms with Gasteiger partial charge in [-0.05, 0) is 31.9 Å². The smallest absolute Gasteiger partial charge is 0.122 e. The SMILES string of the molecule is C=C(C)Cc1cc(C)ccc1OC. The van der Waals surface area contributed by atoms with Crippen LogP contribution in [0.4, 0.5) is 0 Å². The highest BCUT2D eigenvalue weighted by Gasteiger charge is 2.02. The van der Waals surface area contributed by atoms with E-state index in [-0.39, 0.29) is 0 Å². The van der Waals surface area contributed by atoms with E-state index in [0.717, 1.165) is 17.7 Å². The number of aryl methyl sites for hydroxylation is 1. The molecule has 0 aliphatic heterocycles. The first-order valence-electron chi connectivity index (χ1n) is 4.41. The molecule has 0 spiro atoms. The second-order valence-corrected chi connectivity index (χ2v) is 3.45. The van der Waals surface area contributed by atoms with Crippen molar-refractivity contribution in [1.29, 1.82) is 0 Å². The van der Waals surface area contributed by atoms with Crippen LogP contribution >= 0.6 is 0 Å². The average molecular weight is 176 g/mol. The van der Waals surface area contributed by atoms with Crippen LogP contribution in [-0.4, -0.2) is 7.11 Å². The van der Waals surface area contributed by atoms with Gasteiger partial charge in [-0.3, -0.25) is 0 Å². The molecule has 0 heterocycles. The Kier molecular flexibility index (Phi) is 3.13. The molecular weight excluding hydrogens is 160 g/mol. The van der Waals surface area contributed by atoms with E-state index >= 15 is 0 Å². The average Bonchev–Trinajstić information content (AvgIpc) is 2.03. The van der Waals surface area contributed by atoms with Crippen molar-refractivity contribution in [2.45, 2.75) is 20.3 Å². The van der Waals surface area contributed by atoms with Gasteiger partial charge in [-0.25, -0.2) is 0 Å². The van der Waals surface area contributed by atoms with E-state index in [1.807, 2.05) is 13.0 Å². The van der Waals surface area contributed by atoms with Crippen LogP contribution in [0.1, 0.15) is 18.1 Å². The van der Waals surface area contributed by atoms with E-state index in [0.29, 0.717) is 0 Å². The van der Waals surface area contributed by atoms with E-state index in [1.54, 1.807) is 7.11 Å². The second kappa shape index (κ2) is 4.13. The Morgan fingerprint density at radius 2 is 2.15 bits per heavy atom. The summed E-state index contributed by atoms with van der Waals surface area (Å²) >= 11 is 0. The summed E-state index contributed by atoms with van der Waals surface area (Å²) in [4.78, 5) is 0. The van der Waals surface area contributed by atoms with E-state index in [2.05, 4.69) is 25.6 Å². The molecule has 1 rings (SSSR count). The van der Waals surface area contributed by atoms with Crippen LogP contribution in [0.2, 0.25) is 0 Å². The van der Waals surface area contributed by atoms with E-state index in [1.165, 1.54) is 11.1 Å². The molecule has 1 aromatic carbocycles. The van der Waals surface area contributed by atoms with Crippen molar-refractivity contribution >= 4 is 0 Å². The largest absolute Gasteiger partial charge is 0.496 e. The molecule has 0 aliphatic carbocycles. The molecule has 0 aromatic heterocycles. The lowest BCUT2D eigenvalue weighted by Crippen LogP contribution is -1.93. The lowest BCUT2D eigenvalue weighted by Gasteiger charge is -2.08. The van der Waals surface area contributed by atoms with Crippen LogP contribution in [0.15, 0.2) is 30.4 Å². The fourth-order valence-corrected chi connectivity index (χ4v) is 1.37. The van der Waals surface area contributed by atoms with Crippen molar-refractivity contribution in [1.82, 2.24) is 0 Å². The number of rotatable bonds is 3. The minimum atomic E-state index is 0.894. The number of hydrogen-bond donors (Lipinski definition) is 0. The molecule has 0 saturated heterocycles. The molecule has 1 nitrogen and oxygen atoms in total. The molecule has 0 N–H and O–H groups in total. The van der Waals surface area contributed by atoms with Gasteiger partial charge in [-0.1, -0.05) is 29.8 Å². The Balaban J connectivity index is 3.01. The molecule has 13 heavy (non-hydrogen) atoms. The summed E-state index contributed by atoms with van der Waals surface area (Å²) in [6.45, 7) is 8.01. The zero-order chi connectivity index (χ0) is 9.84. The highest BCUT2D eigenvalue weighted by atomic mass is 16.5. The summed E-state index contributed by atoms with van der Waals surface area (Å²) in [7, 11) is 1.70. The van der Waals surface area contributed by atoms with Crippen molar-refractivity contribution in [3.63, 3.8) is 0 Å². The van der Waals surface area contributed by atoms with Gasteiger partial charge in [0.2, 0.25) is 0 Å². The quantitative estimate of drug-likeness (QED) is 0.643. The van der Waals surface area contributed by atoms with Crippen molar-refractivity contribution in [2.75, 3.05) is 7.11 Å². The molecule has 0 aliphatic rings. The Morgan fingerprint density at radius 3 is 2.69 bits per heavy atom. The lowest BCUT2D eigenvalue weighted by molar-refractivity contribution is 0.410. The molecule has 0 amide bonds. The van der Waals surface area contributed by atoms with Gasteiger partial charge < -0.3 is 4.74 Å². The highest BCUT2D eigenvalue weighted by Crippen LogP contribution is 2.21. The number of benzene rings is 1. The Hall–Kier alpha value is -1.24. The standard InChI is InChI=1S/C12H16O/c1-9(2)7-11-8-10(3)5-6-12(11)13-4/h5-6,8H,1,7H2,2-4H3. The van der Waals surface area contributed by atoms with Crippen LogP contribution in [0.3, 0.4) is 0 Å². The maximum Gasteiger partial charge on any atom is 0.122 e. The van der Waals surface area contributed by atoms with Gasteiger partial charge in [0, 0.05) is 0 Å². The van der Waals surface area contributed by atoms with Crippen molar-refractivity contribution in [2.24, 2.45) is 0 Å². The molecule has 0 saturated carbocycles. The zero-order valence-electron chi connectivity index (χ0n) is 8.55. The minimum absolute atomic E-state index is 0.894. The first-order chi connectivity index (χ1) is 6.13. The summed E-state index contributed by atoms with van der Waals surface area (Å²) in [6.07, 6.45) is 0.894. The Labute approximate surface area is 80.0 Å². The molecule has 70 valence electrons. The second-order valence-electron chi connectivity index (χ2n) is 3.45. The van der Waals surface area contributed by atoms with E-state index in [4.69, 9.17) is 4.74 Å². The van der Waals surface area contributed by atoms with Gasteiger partial charge in [0.15, 0.2) is 0 Å². The third-order valence-electron chi connectivity index (χ3n) is 1.93. The summed E-state index contributed by atoms with van der Waals surface area (Å²) in [5, 5.41) is 0. The number of methoxy groups -OCH3 is 1. The fourth-order valence-electron chi connectivity index (χ4n) is 1.37. The molecule has 1 heteroatoms. The van der Waals surface area contributed by atoms with Crippen molar-refractivity contribution in [3.8, 4) is 5.75 Å². The molecule has 0 radical (unpaired) electrons. The summed E-state index contributed by atoms with van der Waals surface area (Å²) in [6, 6.07) is 6.21. The number of allylic oxidation sites excluding steroid dienone is 1. The zero-order valence-corrected chi connectivity index (χ0v) is 8.55. The first kappa shape index (κ1) is 9.85. The van der Waals surface area contributed by atoms with Gasteiger partial charge in [0.1, 0.15) is 5.75 Å². The fraction of sp³-hybridized carbons (Fsp3) is 0.333. The van der Waals surface area contributed by atoms with Gasteiger partial charge in [-0.15, -0.1) is 0 Å².